The number of aromatic carboxylic acids is 1. The van der Waals surface area contributed by atoms with Crippen molar-refractivity contribution in [1.29, 1.82) is 0 Å². The SMILES string of the molecule is Cc1ccc(Cc2cc3cc(-c4ccc5c(c4)OCO5)c(Cl)cc3[nH]2)cc1C(=O)O. The van der Waals surface area contributed by atoms with Crippen LogP contribution in [0.1, 0.15) is 27.2 Å². The van der Waals surface area contributed by atoms with E-state index >= 15 is 0 Å². The van der Waals surface area contributed by atoms with Crippen molar-refractivity contribution in [3.63, 3.8) is 0 Å². The van der Waals surface area contributed by atoms with Crippen molar-refractivity contribution in [3.8, 4) is 22.6 Å². The van der Waals surface area contributed by atoms with E-state index in [2.05, 4.69) is 11.1 Å². The number of halogens is 1. The molecule has 0 aliphatic carbocycles. The Hall–Kier alpha value is -3.44. The number of rotatable bonds is 4. The number of fused-ring (bicyclic) bond motifs is 2. The smallest absolute Gasteiger partial charge is 0.335 e. The normalized spacial score (nSPS) is 12.5. The highest BCUT2D eigenvalue weighted by atomic mass is 35.5. The molecular formula is C24H18ClNO4. The highest BCUT2D eigenvalue weighted by Gasteiger charge is 2.16. The third-order valence-corrected chi connectivity index (χ3v) is 5.69. The van der Waals surface area contributed by atoms with Crippen molar-refractivity contribution in [2.45, 2.75) is 13.3 Å². The van der Waals surface area contributed by atoms with Gasteiger partial charge in [-0.05, 0) is 60.0 Å². The van der Waals surface area contributed by atoms with Gasteiger partial charge in [0.15, 0.2) is 11.5 Å². The standard InChI is InChI=1S/C24H18ClNO4/c1-13-2-3-14(7-18(13)24(27)28)6-17-8-16-9-19(20(25)11-21(16)26-17)15-4-5-22-23(10-15)30-12-29-22/h2-5,7-11,26H,6,12H2,1H3,(H,27,28). The molecule has 30 heavy (non-hydrogen) atoms. The van der Waals surface area contributed by atoms with Gasteiger partial charge in [0.2, 0.25) is 6.79 Å². The van der Waals surface area contributed by atoms with Crippen LogP contribution in [0.25, 0.3) is 22.0 Å². The number of carboxylic acids is 1. The molecular weight excluding hydrogens is 402 g/mol. The average molecular weight is 420 g/mol. The van der Waals surface area contributed by atoms with Crippen molar-refractivity contribution in [3.05, 3.63) is 82.0 Å². The lowest BCUT2D eigenvalue weighted by molar-refractivity contribution is 0.0696. The molecule has 0 saturated heterocycles. The molecule has 6 heteroatoms. The molecule has 2 heterocycles. The second kappa shape index (κ2) is 7.11. The molecule has 1 aromatic heterocycles. The third-order valence-electron chi connectivity index (χ3n) is 5.37. The van der Waals surface area contributed by atoms with Gasteiger partial charge in [0.05, 0.1) is 10.6 Å². The maximum Gasteiger partial charge on any atom is 0.335 e. The summed E-state index contributed by atoms with van der Waals surface area (Å²) in [7, 11) is 0. The number of ether oxygens (including phenoxy) is 2. The van der Waals surface area contributed by atoms with Gasteiger partial charge in [0.25, 0.3) is 0 Å². The van der Waals surface area contributed by atoms with E-state index in [-0.39, 0.29) is 6.79 Å². The van der Waals surface area contributed by atoms with Crippen molar-refractivity contribution in [2.75, 3.05) is 6.79 Å². The number of carboxylic acid groups (broad SMARTS) is 1. The molecule has 4 aromatic rings. The van der Waals surface area contributed by atoms with Crippen LogP contribution in [-0.2, 0) is 6.42 Å². The Bertz CT molecular complexity index is 1310. The maximum absolute atomic E-state index is 11.4. The number of H-pyrrole nitrogens is 1. The molecule has 0 fully saturated rings. The van der Waals surface area contributed by atoms with E-state index in [1.165, 1.54) is 0 Å². The van der Waals surface area contributed by atoms with Crippen LogP contribution in [0.3, 0.4) is 0 Å². The Kier molecular flexibility index (Phi) is 4.40. The highest BCUT2D eigenvalue weighted by Crippen LogP contribution is 2.39. The molecule has 0 spiro atoms. The Labute approximate surface area is 177 Å². The monoisotopic (exact) mass is 419 g/mol. The van der Waals surface area contributed by atoms with Gasteiger partial charge >= 0.3 is 5.97 Å². The molecule has 0 bridgehead atoms. The first-order valence-corrected chi connectivity index (χ1v) is 9.90. The number of aryl methyl sites for hydroxylation is 1. The van der Waals surface area contributed by atoms with Gasteiger partial charge in [-0.3, -0.25) is 0 Å². The zero-order chi connectivity index (χ0) is 20.8. The number of hydrogen-bond acceptors (Lipinski definition) is 3. The summed E-state index contributed by atoms with van der Waals surface area (Å²) in [4.78, 5) is 14.8. The van der Waals surface area contributed by atoms with Crippen LogP contribution in [0.2, 0.25) is 5.02 Å². The zero-order valence-electron chi connectivity index (χ0n) is 16.2. The Morgan fingerprint density at radius 3 is 2.73 bits per heavy atom. The third kappa shape index (κ3) is 3.27. The van der Waals surface area contributed by atoms with Gasteiger partial charge in [-0.15, -0.1) is 0 Å². The topological polar surface area (TPSA) is 71.5 Å². The Balaban J connectivity index is 1.49. The van der Waals surface area contributed by atoms with E-state index in [1.807, 2.05) is 42.5 Å². The van der Waals surface area contributed by atoms with Gasteiger partial charge in [-0.2, -0.15) is 0 Å². The predicted molar refractivity (Wildman–Crippen MR) is 116 cm³/mol. The fourth-order valence-electron chi connectivity index (χ4n) is 3.82. The van der Waals surface area contributed by atoms with Crippen LogP contribution in [0.15, 0.2) is 54.6 Å². The van der Waals surface area contributed by atoms with Gasteiger partial charge in [-0.1, -0.05) is 29.8 Å². The summed E-state index contributed by atoms with van der Waals surface area (Å²) in [5.41, 5.74) is 5.82. The number of aromatic nitrogens is 1. The molecule has 150 valence electrons. The zero-order valence-corrected chi connectivity index (χ0v) is 16.9. The van der Waals surface area contributed by atoms with Crippen molar-refractivity contribution >= 4 is 28.5 Å². The second-order valence-electron chi connectivity index (χ2n) is 7.41. The minimum absolute atomic E-state index is 0.231. The van der Waals surface area contributed by atoms with E-state index in [1.54, 1.807) is 13.0 Å². The van der Waals surface area contributed by atoms with Crippen molar-refractivity contribution in [1.82, 2.24) is 4.98 Å². The van der Waals surface area contributed by atoms with Crippen molar-refractivity contribution < 1.29 is 19.4 Å². The van der Waals surface area contributed by atoms with Crippen LogP contribution in [-0.4, -0.2) is 22.9 Å². The molecule has 1 aliphatic heterocycles. The molecule has 5 rings (SSSR count). The minimum atomic E-state index is -0.911. The summed E-state index contributed by atoms with van der Waals surface area (Å²) in [5, 5.41) is 11.0. The van der Waals surface area contributed by atoms with E-state index in [9.17, 15) is 9.90 Å². The molecule has 5 nitrogen and oxygen atoms in total. The quantitative estimate of drug-likeness (QED) is 0.437. The van der Waals surface area contributed by atoms with Gasteiger partial charge in [0.1, 0.15) is 0 Å². The van der Waals surface area contributed by atoms with Gasteiger partial charge in [0, 0.05) is 28.6 Å². The summed E-state index contributed by atoms with van der Waals surface area (Å²) in [6, 6.07) is 17.4. The van der Waals surface area contributed by atoms with Gasteiger partial charge in [-0.25, -0.2) is 4.79 Å². The van der Waals surface area contributed by atoms with Crippen LogP contribution >= 0.6 is 11.6 Å². The lowest BCUT2D eigenvalue weighted by Gasteiger charge is -2.06. The second-order valence-corrected chi connectivity index (χ2v) is 7.82. The lowest BCUT2D eigenvalue weighted by atomic mass is 10.0. The molecule has 2 N–H and O–H groups in total. The molecule has 3 aromatic carbocycles. The van der Waals surface area contributed by atoms with E-state index in [0.29, 0.717) is 22.8 Å². The largest absolute Gasteiger partial charge is 0.478 e. The molecule has 0 saturated carbocycles. The number of aromatic amines is 1. The molecule has 0 radical (unpaired) electrons. The molecule has 0 amide bonds. The van der Waals surface area contributed by atoms with Crippen LogP contribution in [0.4, 0.5) is 0 Å². The number of nitrogens with one attached hydrogen (secondary N) is 1. The van der Waals surface area contributed by atoms with E-state index in [4.69, 9.17) is 21.1 Å². The fourth-order valence-corrected chi connectivity index (χ4v) is 4.10. The average Bonchev–Trinajstić information content (AvgIpc) is 3.33. The lowest BCUT2D eigenvalue weighted by Crippen LogP contribution is -2.01. The molecule has 0 unspecified atom stereocenters. The maximum atomic E-state index is 11.4. The Morgan fingerprint density at radius 1 is 1.07 bits per heavy atom. The first-order chi connectivity index (χ1) is 14.5. The molecule has 1 aliphatic rings. The summed E-state index contributed by atoms with van der Waals surface area (Å²) >= 11 is 6.57. The van der Waals surface area contributed by atoms with E-state index in [0.717, 1.165) is 44.6 Å². The number of hydrogen-bond donors (Lipinski definition) is 2. The fraction of sp³-hybridized carbons (Fsp3) is 0.125. The van der Waals surface area contributed by atoms with E-state index < -0.39 is 5.97 Å². The number of carbonyl (C=O) groups is 1. The Morgan fingerprint density at radius 2 is 1.90 bits per heavy atom. The molecule has 0 atom stereocenters. The summed E-state index contributed by atoms with van der Waals surface area (Å²) in [6.07, 6.45) is 0.603. The predicted octanol–water partition coefficient (Wildman–Crippen LogP) is 5.81. The summed E-state index contributed by atoms with van der Waals surface area (Å²) in [6.45, 7) is 2.03. The van der Waals surface area contributed by atoms with Crippen molar-refractivity contribution in [2.24, 2.45) is 0 Å². The minimum Gasteiger partial charge on any atom is -0.478 e. The van der Waals surface area contributed by atoms with Gasteiger partial charge < -0.3 is 19.6 Å². The summed E-state index contributed by atoms with van der Waals surface area (Å²) < 4.78 is 10.9. The van der Waals surface area contributed by atoms with Crippen LogP contribution in [0.5, 0.6) is 11.5 Å². The van der Waals surface area contributed by atoms with Crippen LogP contribution < -0.4 is 9.47 Å². The first kappa shape index (κ1) is 18.6. The summed E-state index contributed by atoms with van der Waals surface area (Å²) in [5.74, 6) is 0.539. The first-order valence-electron chi connectivity index (χ1n) is 9.52. The number of benzene rings is 3. The van der Waals surface area contributed by atoms with Crippen LogP contribution in [0, 0.1) is 6.92 Å². The highest BCUT2D eigenvalue weighted by molar-refractivity contribution is 6.34.